The molecular formula is C26H29NO6. The van der Waals surface area contributed by atoms with Crippen LogP contribution in [-0.2, 0) is 4.79 Å². The topological polar surface area (TPSA) is 86.3 Å². The molecule has 7 heteroatoms. The number of para-hydroxylation sites is 1. The minimum Gasteiger partial charge on any atom is -0.493 e. The molecule has 0 saturated heterocycles. The van der Waals surface area contributed by atoms with E-state index in [1.165, 1.54) is 14.2 Å². The van der Waals surface area contributed by atoms with Crippen LogP contribution in [0, 0.1) is 0 Å². The highest BCUT2D eigenvalue weighted by molar-refractivity contribution is 5.80. The molecule has 0 aromatic heterocycles. The smallest absolute Gasteiger partial charge is 0.260 e. The second-order valence-corrected chi connectivity index (χ2v) is 7.35. The predicted octanol–water partition coefficient (Wildman–Crippen LogP) is 3.69. The van der Waals surface area contributed by atoms with E-state index in [2.05, 4.69) is 5.32 Å². The van der Waals surface area contributed by atoms with Gasteiger partial charge in [-0.15, -0.1) is 0 Å². The molecule has 2 atom stereocenters. The molecule has 0 spiro atoms. The zero-order valence-electron chi connectivity index (χ0n) is 19.0. The summed E-state index contributed by atoms with van der Waals surface area (Å²) in [5, 5.41) is 12.9. The van der Waals surface area contributed by atoms with E-state index < -0.39 is 12.2 Å². The van der Waals surface area contributed by atoms with Gasteiger partial charge in [0, 0.05) is 6.54 Å². The first kappa shape index (κ1) is 23.9. The lowest BCUT2D eigenvalue weighted by molar-refractivity contribution is -0.127. The number of carbonyl (C=O) groups excluding carboxylic acids is 1. The van der Waals surface area contributed by atoms with E-state index in [0.29, 0.717) is 23.0 Å². The summed E-state index contributed by atoms with van der Waals surface area (Å²) in [4.78, 5) is 12.4. The molecule has 3 aromatic rings. The number of methoxy groups -OCH3 is 2. The molecule has 0 bridgehead atoms. The van der Waals surface area contributed by atoms with Gasteiger partial charge in [-0.3, -0.25) is 4.79 Å². The van der Waals surface area contributed by atoms with Crippen LogP contribution < -0.4 is 24.3 Å². The molecule has 174 valence electrons. The summed E-state index contributed by atoms with van der Waals surface area (Å²) in [6.45, 7) is 1.62. The van der Waals surface area contributed by atoms with Crippen LogP contribution in [0.5, 0.6) is 23.0 Å². The van der Waals surface area contributed by atoms with Crippen molar-refractivity contribution in [3.63, 3.8) is 0 Å². The van der Waals surface area contributed by atoms with Crippen molar-refractivity contribution < 1.29 is 28.8 Å². The van der Waals surface area contributed by atoms with Gasteiger partial charge in [0.1, 0.15) is 18.5 Å². The van der Waals surface area contributed by atoms with E-state index >= 15 is 0 Å². The fourth-order valence-electron chi connectivity index (χ4n) is 3.17. The Labute approximate surface area is 193 Å². The fourth-order valence-corrected chi connectivity index (χ4v) is 3.17. The normalized spacial score (nSPS) is 12.4. The molecule has 0 aliphatic heterocycles. The van der Waals surface area contributed by atoms with Gasteiger partial charge in [0.25, 0.3) is 5.91 Å². The van der Waals surface area contributed by atoms with E-state index in [1.807, 2.05) is 54.6 Å². The van der Waals surface area contributed by atoms with Crippen molar-refractivity contribution >= 4 is 5.91 Å². The Bertz CT molecular complexity index is 1000. The first-order chi connectivity index (χ1) is 16.0. The molecule has 0 fully saturated rings. The summed E-state index contributed by atoms with van der Waals surface area (Å²) >= 11 is 0. The number of hydrogen-bond donors (Lipinski definition) is 2. The molecule has 1 amide bonds. The number of benzene rings is 3. The number of nitrogens with one attached hydrogen (secondary N) is 1. The molecule has 0 radical (unpaired) electrons. The van der Waals surface area contributed by atoms with Crippen molar-refractivity contribution in [1.29, 1.82) is 0 Å². The lowest BCUT2D eigenvalue weighted by Crippen LogP contribution is -2.41. The van der Waals surface area contributed by atoms with Gasteiger partial charge in [0.15, 0.2) is 17.6 Å². The largest absolute Gasteiger partial charge is 0.493 e. The first-order valence-electron chi connectivity index (χ1n) is 10.6. The average Bonchev–Trinajstić information content (AvgIpc) is 2.86. The van der Waals surface area contributed by atoms with Crippen LogP contribution in [0.25, 0.3) is 11.1 Å². The monoisotopic (exact) mass is 451 g/mol. The highest BCUT2D eigenvalue weighted by Gasteiger charge is 2.18. The number of amides is 1. The van der Waals surface area contributed by atoms with E-state index in [1.54, 1.807) is 25.1 Å². The van der Waals surface area contributed by atoms with Gasteiger partial charge in [-0.2, -0.15) is 0 Å². The predicted molar refractivity (Wildman–Crippen MR) is 126 cm³/mol. The zero-order valence-corrected chi connectivity index (χ0v) is 19.0. The molecule has 33 heavy (non-hydrogen) atoms. The van der Waals surface area contributed by atoms with Crippen molar-refractivity contribution in [3.8, 4) is 34.1 Å². The molecule has 0 saturated carbocycles. The van der Waals surface area contributed by atoms with Crippen LogP contribution in [0.3, 0.4) is 0 Å². The second-order valence-electron chi connectivity index (χ2n) is 7.35. The van der Waals surface area contributed by atoms with E-state index in [-0.39, 0.29) is 19.1 Å². The van der Waals surface area contributed by atoms with Crippen molar-refractivity contribution in [2.75, 3.05) is 27.4 Å². The van der Waals surface area contributed by atoms with Gasteiger partial charge in [-0.1, -0.05) is 48.5 Å². The minimum atomic E-state index is -0.930. The Balaban J connectivity index is 1.46. The lowest BCUT2D eigenvalue weighted by atomic mass is 10.1. The van der Waals surface area contributed by atoms with Crippen molar-refractivity contribution in [3.05, 3.63) is 72.8 Å². The summed E-state index contributed by atoms with van der Waals surface area (Å²) in [7, 11) is 3.05. The lowest BCUT2D eigenvalue weighted by Gasteiger charge is -2.18. The van der Waals surface area contributed by atoms with Crippen molar-refractivity contribution in [2.24, 2.45) is 0 Å². The van der Waals surface area contributed by atoms with E-state index in [9.17, 15) is 9.90 Å². The van der Waals surface area contributed by atoms with E-state index in [4.69, 9.17) is 18.9 Å². The summed E-state index contributed by atoms with van der Waals surface area (Å²) in [5.41, 5.74) is 2.17. The second kappa shape index (κ2) is 11.8. The van der Waals surface area contributed by atoms with Crippen LogP contribution in [0.1, 0.15) is 6.92 Å². The SMILES string of the molecule is COc1cccc(OC)c1OCC(O)CNC(=O)C(C)Oc1ccc(-c2ccccc2)cc1. The highest BCUT2D eigenvalue weighted by Crippen LogP contribution is 2.36. The number of ether oxygens (including phenoxy) is 4. The maximum Gasteiger partial charge on any atom is 0.260 e. The van der Waals surface area contributed by atoms with Gasteiger partial charge in [0.2, 0.25) is 5.75 Å². The average molecular weight is 452 g/mol. The van der Waals surface area contributed by atoms with Crippen LogP contribution >= 0.6 is 0 Å². The third-order valence-electron chi connectivity index (χ3n) is 4.96. The summed E-state index contributed by atoms with van der Waals surface area (Å²) in [5.74, 6) is 1.63. The first-order valence-corrected chi connectivity index (χ1v) is 10.6. The number of aliphatic hydroxyl groups is 1. The zero-order chi connectivity index (χ0) is 23.6. The molecule has 0 aliphatic carbocycles. The van der Waals surface area contributed by atoms with Crippen LogP contribution in [0.2, 0.25) is 0 Å². The molecular weight excluding hydrogens is 422 g/mol. The van der Waals surface area contributed by atoms with Crippen molar-refractivity contribution in [1.82, 2.24) is 5.32 Å². The van der Waals surface area contributed by atoms with Gasteiger partial charge >= 0.3 is 0 Å². The maximum absolute atomic E-state index is 12.4. The Kier molecular flexibility index (Phi) is 8.55. The quantitative estimate of drug-likeness (QED) is 0.462. The van der Waals surface area contributed by atoms with Gasteiger partial charge in [0.05, 0.1) is 14.2 Å². The van der Waals surface area contributed by atoms with Crippen LogP contribution in [-0.4, -0.2) is 50.6 Å². The van der Waals surface area contributed by atoms with Gasteiger partial charge < -0.3 is 29.4 Å². The third kappa shape index (κ3) is 6.63. The van der Waals surface area contributed by atoms with Gasteiger partial charge in [-0.25, -0.2) is 0 Å². The summed E-state index contributed by atoms with van der Waals surface area (Å²) in [6, 6.07) is 22.8. The molecule has 3 rings (SSSR count). The van der Waals surface area contributed by atoms with Crippen molar-refractivity contribution in [2.45, 2.75) is 19.1 Å². The van der Waals surface area contributed by atoms with Crippen LogP contribution in [0.15, 0.2) is 72.8 Å². The Morgan fingerprint density at radius 2 is 1.48 bits per heavy atom. The molecule has 2 unspecified atom stereocenters. The number of rotatable bonds is 11. The minimum absolute atomic E-state index is 0.0109. The highest BCUT2D eigenvalue weighted by atomic mass is 16.5. The Morgan fingerprint density at radius 3 is 2.09 bits per heavy atom. The summed E-state index contributed by atoms with van der Waals surface area (Å²) in [6.07, 6.45) is -1.66. The van der Waals surface area contributed by atoms with Gasteiger partial charge in [-0.05, 0) is 42.3 Å². The standard InChI is InChI=1S/C26H29NO6/c1-18(33-22-14-12-20(13-15-22)19-8-5-4-6-9-19)26(29)27-16-21(28)17-32-25-23(30-2)10-7-11-24(25)31-3/h4-15,18,21,28H,16-17H2,1-3H3,(H,27,29). The summed E-state index contributed by atoms with van der Waals surface area (Å²) < 4.78 is 21.9. The Hall–Kier alpha value is -3.71. The molecule has 3 aromatic carbocycles. The number of aliphatic hydroxyl groups excluding tert-OH is 1. The third-order valence-corrected chi connectivity index (χ3v) is 4.96. The van der Waals surface area contributed by atoms with E-state index in [0.717, 1.165) is 11.1 Å². The van der Waals surface area contributed by atoms with Crippen LogP contribution in [0.4, 0.5) is 0 Å². The maximum atomic E-state index is 12.4. The molecule has 7 nitrogen and oxygen atoms in total. The number of carbonyl (C=O) groups is 1. The fraction of sp³-hybridized carbons (Fsp3) is 0.269. The molecule has 2 N–H and O–H groups in total. The molecule has 0 heterocycles. The Morgan fingerprint density at radius 1 is 0.879 bits per heavy atom. The number of hydrogen-bond acceptors (Lipinski definition) is 6. The molecule has 0 aliphatic rings.